The lowest BCUT2D eigenvalue weighted by molar-refractivity contribution is -0.910. The lowest BCUT2D eigenvalue weighted by Gasteiger charge is -2.36. The smallest absolute Gasteiger partial charge is 0.501 e. The minimum atomic E-state index is -2.53. The standard InChI is InChI=1S/2C30H66NO3Si.2ClH/c2*1-7-12-14-16-18-20-22-24-27-31(6,28-25-23-21-19-17-15-13-8-2)29-26-30-35(32-9-3,33-10-4)34-11-5;;/h2*7-30H2,1-6H3;2*1H/q2*+1;;/p-2. The van der Waals surface area contributed by atoms with E-state index in [4.69, 9.17) is 26.6 Å². The van der Waals surface area contributed by atoms with Gasteiger partial charge in [0.05, 0.1) is 53.4 Å². The van der Waals surface area contributed by atoms with Gasteiger partial charge < -0.3 is 60.3 Å². The molecule has 0 saturated carbocycles. The van der Waals surface area contributed by atoms with E-state index in [9.17, 15) is 0 Å². The van der Waals surface area contributed by atoms with Crippen LogP contribution in [0.15, 0.2) is 0 Å². The fraction of sp³-hybridized carbons (Fsp3) is 1.00. The molecule has 0 aromatic rings. The molecule has 0 atom stereocenters. The number of nitrogens with zero attached hydrogens (tertiary/aromatic N) is 2. The average Bonchev–Trinajstić information content (AvgIpc) is 3.33. The molecule has 0 aromatic heterocycles. The van der Waals surface area contributed by atoms with Gasteiger partial charge in [-0.2, -0.15) is 0 Å². The molecule has 0 saturated heterocycles. The molecule has 12 heteroatoms. The molecule has 0 spiro atoms. The predicted octanol–water partition coefficient (Wildman–Crippen LogP) is 12.3. The van der Waals surface area contributed by atoms with Crippen LogP contribution in [0.5, 0.6) is 0 Å². The van der Waals surface area contributed by atoms with Crippen molar-refractivity contribution in [2.75, 3.05) is 93.0 Å². The van der Waals surface area contributed by atoms with Crippen LogP contribution in [0.2, 0.25) is 12.1 Å². The molecule has 0 heterocycles. The first-order valence-electron chi connectivity index (χ1n) is 31.5. The minimum Gasteiger partial charge on any atom is -1.00 e. The zero-order valence-corrected chi connectivity index (χ0v) is 54.6. The zero-order chi connectivity index (χ0) is 52.2. The van der Waals surface area contributed by atoms with Gasteiger partial charge in [-0.1, -0.05) is 182 Å². The first-order valence-corrected chi connectivity index (χ1v) is 35.4. The van der Waals surface area contributed by atoms with E-state index in [0.717, 1.165) is 24.9 Å². The van der Waals surface area contributed by atoms with Gasteiger partial charge in [-0.05, 0) is 92.9 Å². The monoisotopic (exact) mass is 1100 g/mol. The van der Waals surface area contributed by atoms with E-state index >= 15 is 0 Å². The number of unbranched alkanes of at least 4 members (excludes halogenated alkanes) is 28. The van der Waals surface area contributed by atoms with E-state index in [0.29, 0.717) is 39.6 Å². The molecule has 0 bridgehead atoms. The molecule has 0 radical (unpaired) electrons. The topological polar surface area (TPSA) is 55.4 Å². The van der Waals surface area contributed by atoms with Gasteiger partial charge >= 0.3 is 17.6 Å². The fourth-order valence-electron chi connectivity index (χ4n) is 10.5. The Morgan fingerprint density at radius 2 is 0.375 bits per heavy atom. The van der Waals surface area contributed by atoms with E-state index in [1.807, 2.05) is 0 Å². The van der Waals surface area contributed by atoms with Gasteiger partial charge in [0.2, 0.25) is 0 Å². The van der Waals surface area contributed by atoms with Crippen LogP contribution in [0.3, 0.4) is 0 Å². The largest absolute Gasteiger partial charge is 1.00 e. The van der Waals surface area contributed by atoms with E-state index in [1.165, 1.54) is 254 Å². The van der Waals surface area contributed by atoms with E-state index < -0.39 is 17.6 Å². The third-order valence-corrected chi connectivity index (χ3v) is 21.1. The molecule has 0 unspecified atom stereocenters. The zero-order valence-electron chi connectivity index (χ0n) is 51.0. The fourth-order valence-corrected chi connectivity index (χ4v) is 15.7. The molecule has 0 amide bonds. The maximum Gasteiger partial charge on any atom is 0.501 e. The van der Waals surface area contributed by atoms with Crippen molar-refractivity contribution < 1.29 is 60.3 Å². The summed E-state index contributed by atoms with van der Waals surface area (Å²) in [6, 6.07) is 1.90. The molecule has 0 aliphatic carbocycles. The Bertz CT molecular complexity index is 889. The van der Waals surface area contributed by atoms with Crippen molar-refractivity contribution in [2.45, 2.75) is 300 Å². The first-order chi connectivity index (χ1) is 34.0. The molecular formula is C60H132Cl2N2O6Si2. The summed E-state index contributed by atoms with van der Waals surface area (Å²) in [4.78, 5) is 0. The van der Waals surface area contributed by atoms with Crippen molar-refractivity contribution in [1.29, 1.82) is 0 Å². The molecular weight excluding hydrogens is 972 g/mol. The van der Waals surface area contributed by atoms with Crippen molar-refractivity contribution in [3.05, 3.63) is 0 Å². The molecule has 8 nitrogen and oxygen atoms in total. The molecule has 440 valence electrons. The highest BCUT2D eigenvalue weighted by Crippen LogP contribution is 2.24. The van der Waals surface area contributed by atoms with Gasteiger partial charge in [0.1, 0.15) is 0 Å². The van der Waals surface area contributed by atoms with Crippen LogP contribution in [0.4, 0.5) is 0 Å². The van der Waals surface area contributed by atoms with Gasteiger partial charge in [0.25, 0.3) is 0 Å². The molecule has 0 rings (SSSR count). The van der Waals surface area contributed by atoms with Gasteiger partial charge in [0, 0.05) is 64.6 Å². The van der Waals surface area contributed by atoms with Crippen LogP contribution < -0.4 is 24.8 Å². The average molecular weight is 1100 g/mol. The van der Waals surface area contributed by atoms with Gasteiger partial charge in [0.15, 0.2) is 0 Å². The van der Waals surface area contributed by atoms with Crippen molar-refractivity contribution in [2.24, 2.45) is 0 Å². The van der Waals surface area contributed by atoms with Crippen molar-refractivity contribution in [1.82, 2.24) is 0 Å². The van der Waals surface area contributed by atoms with Gasteiger partial charge in [-0.3, -0.25) is 0 Å². The third kappa shape index (κ3) is 47.9. The Balaban J connectivity index is -0.000000625. The SMILES string of the molecule is CCCCCCCCCC[N+](C)(CCCCCCCCCC)CCC[Si](OCC)(OCC)OCC.CCCCCCCCCC[N+](C)(CCCCCCCCCC)CCC[Si](OCC)(OCC)OCC.[Cl-].[Cl-]. The van der Waals surface area contributed by atoms with Crippen molar-refractivity contribution >= 4 is 17.6 Å². The van der Waals surface area contributed by atoms with Crippen LogP contribution in [-0.4, -0.2) is 120 Å². The van der Waals surface area contributed by atoms with Gasteiger partial charge in [-0.25, -0.2) is 0 Å². The maximum atomic E-state index is 6.12. The Morgan fingerprint density at radius 1 is 0.222 bits per heavy atom. The number of halogens is 2. The molecule has 0 N–H and O–H groups in total. The van der Waals surface area contributed by atoms with E-state index in [-0.39, 0.29) is 24.8 Å². The van der Waals surface area contributed by atoms with E-state index in [1.54, 1.807) is 0 Å². The van der Waals surface area contributed by atoms with Crippen LogP contribution in [-0.2, 0) is 26.6 Å². The normalized spacial score (nSPS) is 12.2. The highest BCUT2D eigenvalue weighted by Gasteiger charge is 2.41. The van der Waals surface area contributed by atoms with Crippen LogP contribution in [0, 0.1) is 0 Å². The Hall–Kier alpha value is 0.694. The summed E-state index contributed by atoms with van der Waals surface area (Å²) < 4.78 is 39.1. The van der Waals surface area contributed by atoms with Crippen molar-refractivity contribution in [3.63, 3.8) is 0 Å². The quantitative estimate of drug-likeness (QED) is 0.0344. The summed E-state index contributed by atoms with van der Waals surface area (Å²) in [6.07, 6.45) is 47.1. The predicted molar refractivity (Wildman–Crippen MR) is 312 cm³/mol. The van der Waals surface area contributed by atoms with Crippen LogP contribution >= 0.6 is 0 Å². The van der Waals surface area contributed by atoms with Crippen LogP contribution in [0.1, 0.15) is 288 Å². The van der Waals surface area contributed by atoms with Crippen LogP contribution in [0.25, 0.3) is 0 Å². The second-order valence-electron chi connectivity index (χ2n) is 21.7. The molecule has 0 fully saturated rings. The molecule has 0 aromatic carbocycles. The van der Waals surface area contributed by atoms with Crippen molar-refractivity contribution in [3.8, 4) is 0 Å². The summed E-state index contributed by atoms with van der Waals surface area (Å²) in [5.74, 6) is 0. The second kappa shape index (κ2) is 57.9. The lowest BCUT2D eigenvalue weighted by Crippen LogP contribution is -3.00. The summed E-state index contributed by atoms with van der Waals surface area (Å²) in [7, 11) is -0.0355. The molecule has 0 aliphatic heterocycles. The minimum absolute atomic E-state index is 0. The highest BCUT2D eigenvalue weighted by atomic mass is 35.5. The Kier molecular flexibility index (Phi) is 63.6. The maximum absolute atomic E-state index is 6.12. The number of hydrogen-bond donors (Lipinski definition) is 0. The summed E-state index contributed by atoms with van der Waals surface area (Å²) in [6.45, 7) is 33.3. The first kappa shape index (κ1) is 79.2. The second-order valence-corrected chi connectivity index (χ2v) is 27.1. The Labute approximate surface area is 468 Å². The molecule has 72 heavy (non-hydrogen) atoms. The van der Waals surface area contributed by atoms with E-state index in [2.05, 4.69) is 83.3 Å². The highest BCUT2D eigenvalue weighted by molar-refractivity contribution is 6.61. The lowest BCUT2D eigenvalue weighted by atomic mass is 10.1. The summed E-state index contributed by atoms with van der Waals surface area (Å²) >= 11 is 0. The number of quaternary nitrogens is 2. The summed E-state index contributed by atoms with van der Waals surface area (Å²) in [5, 5.41) is 0. The number of hydrogen-bond acceptors (Lipinski definition) is 6. The molecule has 0 aliphatic rings. The van der Waals surface area contributed by atoms with Gasteiger partial charge in [-0.15, -0.1) is 0 Å². The Morgan fingerprint density at radius 3 is 0.542 bits per heavy atom. The third-order valence-electron chi connectivity index (χ3n) is 14.8. The summed E-state index contributed by atoms with van der Waals surface area (Å²) in [5.41, 5.74) is 0. The number of rotatable bonds is 56.